The Morgan fingerprint density at radius 1 is 1.35 bits per heavy atom. The van der Waals surface area contributed by atoms with Gasteiger partial charge in [-0.15, -0.1) is 12.4 Å². The summed E-state index contributed by atoms with van der Waals surface area (Å²) in [6.45, 7) is 6.63. The van der Waals surface area contributed by atoms with Crippen molar-refractivity contribution >= 4 is 24.1 Å². The molecule has 11 heteroatoms. The van der Waals surface area contributed by atoms with Crippen LogP contribution in [0.1, 0.15) is 67.5 Å². The first-order valence-electron chi connectivity index (χ1n) is 10.3. The van der Waals surface area contributed by atoms with E-state index in [1.54, 1.807) is 17.0 Å². The zero-order valence-corrected chi connectivity index (χ0v) is 18.5. The number of amides is 1. The minimum absolute atomic E-state index is 0. The Kier molecular flexibility index (Phi) is 6.59. The van der Waals surface area contributed by atoms with Gasteiger partial charge >= 0.3 is 6.18 Å². The topological polar surface area (TPSA) is 76.2 Å². The van der Waals surface area contributed by atoms with Crippen LogP contribution in [-0.4, -0.2) is 51.1 Å². The van der Waals surface area contributed by atoms with Crippen LogP contribution >= 0.6 is 12.4 Å². The first-order chi connectivity index (χ1) is 14.2. The highest BCUT2D eigenvalue weighted by atomic mass is 35.5. The van der Waals surface area contributed by atoms with Crippen LogP contribution in [0, 0.1) is 5.92 Å². The monoisotopic (exact) mass is 461 g/mol. The number of hydrogen-bond donors (Lipinski definition) is 1. The van der Waals surface area contributed by atoms with Gasteiger partial charge in [0.15, 0.2) is 6.04 Å². The van der Waals surface area contributed by atoms with Gasteiger partial charge in [-0.25, -0.2) is 4.68 Å². The molecule has 4 heterocycles. The molecular formula is C20H27ClF3N5O2. The average Bonchev–Trinajstić information content (AvgIpc) is 3.43. The first-order valence-corrected chi connectivity index (χ1v) is 10.3. The number of nitrogens with zero attached hydrogens (tertiary/aromatic N) is 4. The molecule has 1 N–H and O–H groups in total. The van der Waals surface area contributed by atoms with Crippen LogP contribution in [-0.2, 0) is 6.42 Å². The van der Waals surface area contributed by atoms with Crippen molar-refractivity contribution in [1.82, 2.24) is 19.8 Å². The number of carbonyl (C=O) groups excluding carboxylic acids is 1. The molecule has 1 amide bonds. The molecule has 172 valence electrons. The van der Waals surface area contributed by atoms with Gasteiger partial charge < -0.3 is 14.7 Å². The van der Waals surface area contributed by atoms with Gasteiger partial charge in [0.1, 0.15) is 5.82 Å². The number of halogens is 4. The van der Waals surface area contributed by atoms with E-state index in [-0.39, 0.29) is 48.4 Å². The molecule has 31 heavy (non-hydrogen) atoms. The lowest BCUT2D eigenvalue weighted by atomic mass is 9.94. The third kappa shape index (κ3) is 4.53. The molecule has 1 saturated heterocycles. The molecule has 1 fully saturated rings. The number of nitrogens with one attached hydrogen (secondary N) is 1. The van der Waals surface area contributed by atoms with Crippen LogP contribution in [0.4, 0.5) is 19.0 Å². The highest BCUT2D eigenvalue weighted by molar-refractivity contribution is 5.91. The second-order valence-corrected chi connectivity index (χ2v) is 8.46. The Hall–Kier alpha value is -2.23. The average molecular weight is 462 g/mol. The number of carbonyl (C=O) groups is 1. The normalized spacial score (nSPS) is 23.5. The summed E-state index contributed by atoms with van der Waals surface area (Å²) in [5.74, 6) is 0.283. The fourth-order valence-electron chi connectivity index (χ4n) is 4.18. The SMILES string of the molecule is CCc1cc(C(=O)N2CCC(c3cc4n(n3)[C@@H](C(F)(F)F)C[C@@H](C(C)C)N4)C2)on1.Cl. The lowest BCUT2D eigenvalue weighted by Crippen LogP contribution is -2.41. The van der Waals surface area contributed by atoms with Gasteiger partial charge in [-0.2, -0.15) is 18.3 Å². The molecular weight excluding hydrogens is 435 g/mol. The number of likely N-dealkylation sites (tertiary alicyclic amines) is 1. The van der Waals surface area contributed by atoms with Crippen LogP contribution < -0.4 is 5.32 Å². The van der Waals surface area contributed by atoms with Crippen LogP contribution in [0.15, 0.2) is 16.7 Å². The molecule has 0 spiro atoms. The molecule has 0 saturated carbocycles. The van der Waals surface area contributed by atoms with Crippen molar-refractivity contribution < 1.29 is 22.5 Å². The van der Waals surface area contributed by atoms with Crippen molar-refractivity contribution in [3.63, 3.8) is 0 Å². The third-order valence-corrected chi connectivity index (χ3v) is 6.07. The predicted octanol–water partition coefficient (Wildman–Crippen LogP) is 4.43. The molecule has 2 aliphatic heterocycles. The Morgan fingerprint density at radius 2 is 2.10 bits per heavy atom. The molecule has 3 atom stereocenters. The summed E-state index contributed by atoms with van der Waals surface area (Å²) in [5.41, 5.74) is 1.29. The van der Waals surface area contributed by atoms with Crippen LogP contribution in [0.25, 0.3) is 0 Å². The van der Waals surface area contributed by atoms with Gasteiger partial charge in [-0.1, -0.05) is 25.9 Å². The van der Waals surface area contributed by atoms with Gasteiger partial charge in [0.2, 0.25) is 5.76 Å². The van der Waals surface area contributed by atoms with Crippen molar-refractivity contribution in [3.8, 4) is 0 Å². The molecule has 1 unspecified atom stereocenters. The number of anilines is 1. The van der Waals surface area contributed by atoms with Crippen LogP contribution in [0.5, 0.6) is 0 Å². The smallest absolute Gasteiger partial charge is 0.367 e. The summed E-state index contributed by atoms with van der Waals surface area (Å²) < 4.78 is 47.2. The van der Waals surface area contributed by atoms with Crippen molar-refractivity contribution in [2.24, 2.45) is 5.92 Å². The van der Waals surface area contributed by atoms with E-state index in [1.165, 1.54) is 0 Å². The van der Waals surface area contributed by atoms with E-state index in [4.69, 9.17) is 4.52 Å². The lowest BCUT2D eigenvalue weighted by molar-refractivity contribution is -0.174. The largest absolute Gasteiger partial charge is 0.410 e. The van der Waals surface area contributed by atoms with Crippen molar-refractivity contribution in [3.05, 3.63) is 29.3 Å². The van der Waals surface area contributed by atoms with E-state index in [0.29, 0.717) is 43.1 Å². The zero-order valence-electron chi connectivity index (χ0n) is 17.6. The summed E-state index contributed by atoms with van der Waals surface area (Å²) in [6, 6.07) is 1.43. The van der Waals surface area contributed by atoms with Crippen molar-refractivity contribution in [2.75, 3.05) is 18.4 Å². The van der Waals surface area contributed by atoms with E-state index in [9.17, 15) is 18.0 Å². The lowest BCUT2D eigenvalue weighted by Gasteiger charge is -2.35. The third-order valence-electron chi connectivity index (χ3n) is 6.07. The summed E-state index contributed by atoms with van der Waals surface area (Å²) in [7, 11) is 0. The number of rotatable bonds is 4. The van der Waals surface area contributed by atoms with Gasteiger partial charge in [0.05, 0.1) is 11.4 Å². The van der Waals surface area contributed by atoms with Crippen molar-refractivity contribution in [1.29, 1.82) is 0 Å². The summed E-state index contributed by atoms with van der Waals surface area (Å²) in [6.07, 6.45) is -3.10. The van der Waals surface area contributed by atoms with Gasteiger partial charge in [0, 0.05) is 37.2 Å². The molecule has 0 radical (unpaired) electrons. The van der Waals surface area contributed by atoms with Gasteiger partial charge in [-0.3, -0.25) is 4.79 Å². The second-order valence-electron chi connectivity index (χ2n) is 8.46. The summed E-state index contributed by atoms with van der Waals surface area (Å²) in [5, 5.41) is 11.4. The fourth-order valence-corrected chi connectivity index (χ4v) is 4.18. The number of aryl methyl sites for hydroxylation is 1. The first kappa shape index (κ1) is 23.4. The minimum Gasteiger partial charge on any atom is -0.367 e. The number of fused-ring (bicyclic) bond motifs is 1. The Bertz CT molecular complexity index is 926. The number of aromatic nitrogens is 3. The molecule has 0 aromatic carbocycles. The van der Waals surface area contributed by atoms with Gasteiger partial charge in [0.25, 0.3) is 5.91 Å². The fraction of sp³-hybridized carbons (Fsp3) is 0.650. The van der Waals surface area contributed by atoms with Crippen molar-refractivity contribution in [2.45, 2.75) is 64.2 Å². The Morgan fingerprint density at radius 3 is 2.71 bits per heavy atom. The van der Waals surface area contributed by atoms with Crippen LogP contribution in [0.3, 0.4) is 0 Å². The minimum atomic E-state index is -4.37. The highest BCUT2D eigenvalue weighted by Gasteiger charge is 2.47. The molecule has 0 aliphatic carbocycles. The van der Waals surface area contributed by atoms with E-state index >= 15 is 0 Å². The molecule has 7 nitrogen and oxygen atoms in total. The molecule has 2 aromatic heterocycles. The van der Waals surface area contributed by atoms with E-state index < -0.39 is 12.2 Å². The maximum absolute atomic E-state index is 13.7. The quantitative estimate of drug-likeness (QED) is 0.729. The van der Waals surface area contributed by atoms with Gasteiger partial charge in [-0.05, 0) is 25.2 Å². The van der Waals surface area contributed by atoms with E-state index in [2.05, 4.69) is 15.6 Å². The molecule has 2 aliphatic rings. The predicted molar refractivity (Wildman–Crippen MR) is 111 cm³/mol. The number of alkyl halides is 3. The summed E-state index contributed by atoms with van der Waals surface area (Å²) >= 11 is 0. The maximum atomic E-state index is 13.7. The molecule has 4 rings (SSSR count). The molecule has 0 bridgehead atoms. The zero-order chi connectivity index (χ0) is 21.6. The van der Waals surface area contributed by atoms with Crippen LogP contribution in [0.2, 0.25) is 0 Å². The van der Waals surface area contributed by atoms with E-state index in [0.717, 1.165) is 4.68 Å². The maximum Gasteiger partial charge on any atom is 0.410 e. The second kappa shape index (κ2) is 8.72. The highest BCUT2D eigenvalue weighted by Crippen LogP contribution is 2.42. The summed E-state index contributed by atoms with van der Waals surface area (Å²) in [4.78, 5) is 14.3. The Labute approximate surface area is 184 Å². The Balaban J connectivity index is 0.00000272. The van der Waals surface area contributed by atoms with E-state index in [1.807, 2.05) is 20.8 Å². The molecule has 2 aromatic rings. The number of hydrogen-bond acceptors (Lipinski definition) is 5. The standard InChI is InChI=1S/C20H26F3N5O2.ClH/c1-4-13-7-16(30-26-13)19(29)27-6-5-12(10-27)15-9-18-24-14(11(2)3)8-17(20(21,22)23)28(18)25-15;/h7,9,11-12,14,17,24H,4-6,8,10H2,1-3H3;1H/t12?,14-,17+;/m0./s1.